The molecule has 3 aromatic rings. The second-order valence-corrected chi connectivity index (χ2v) is 7.77. The Hall–Kier alpha value is -2.21. The fourth-order valence-corrected chi connectivity index (χ4v) is 3.86. The van der Waals surface area contributed by atoms with Crippen LogP contribution in [0.3, 0.4) is 0 Å². The molecule has 0 unspecified atom stereocenters. The molecule has 0 fully saturated rings. The van der Waals surface area contributed by atoms with Gasteiger partial charge in [0.15, 0.2) is 6.54 Å². The van der Waals surface area contributed by atoms with Crippen molar-refractivity contribution in [2.45, 2.75) is 19.0 Å². The monoisotopic (exact) mass is 403 g/mol. The number of thiophene rings is 1. The van der Waals surface area contributed by atoms with Gasteiger partial charge in [0.05, 0.1) is 6.04 Å². The first-order valence-corrected chi connectivity index (χ1v) is 9.95. The molecule has 0 saturated heterocycles. The van der Waals surface area contributed by atoms with E-state index in [1.54, 1.807) is 23.5 Å². The van der Waals surface area contributed by atoms with Gasteiger partial charge in [-0.05, 0) is 48.2 Å². The predicted octanol–water partition coefficient (Wildman–Crippen LogP) is 4.07. The van der Waals surface area contributed by atoms with Crippen LogP contribution >= 0.6 is 22.9 Å². The molecule has 2 atom stereocenters. The molecule has 1 heterocycles. The van der Waals surface area contributed by atoms with Gasteiger partial charge < -0.3 is 10.6 Å². The van der Waals surface area contributed by atoms with Crippen molar-refractivity contribution in [3.8, 4) is 0 Å². The highest BCUT2D eigenvalue weighted by Crippen LogP contribution is 2.26. The summed E-state index contributed by atoms with van der Waals surface area (Å²) in [5.74, 6) is -0.370. The zero-order chi connectivity index (χ0) is 19.2. The van der Waals surface area contributed by atoms with E-state index in [9.17, 15) is 9.18 Å². The Balaban J connectivity index is 1.65. The van der Waals surface area contributed by atoms with E-state index in [-0.39, 0.29) is 30.4 Å². The van der Waals surface area contributed by atoms with Gasteiger partial charge in [0.2, 0.25) is 0 Å². The minimum atomic E-state index is -0.293. The lowest BCUT2D eigenvalue weighted by Crippen LogP contribution is -2.87. The molecule has 0 aliphatic rings. The molecule has 0 aliphatic heterocycles. The molecule has 0 radical (unpaired) electrons. The summed E-state index contributed by atoms with van der Waals surface area (Å²) in [4.78, 5) is 13.6. The largest absolute Gasteiger partial charge is 0.339 e. The maximum atomic E-state index is 13.3. The van der Waals surface area contributed by atoms with Gasteiger partial charge in [-0.15, -0.1) is 11.3 Å². The molecule has 6 heteroatoms. The lowest BCUT2D eigenvalue weighted by molar-refractivity contribution is -0.682. The van der Waals surface area contributed by atoms with Crippen molar-refractivity contribution < 1.29 is 14.5 Å². The van der Waals surface area contributed by atoms with Crippen LogP contribution in [-0.2, 0) is 4.79 Å². The molecule has 0 aliphatic carbocycles. The lowest BCUT2D eigenvalue weighted by atomic mass is 10.1. The molecule has 3 N–H and O–H groups in total. The molecule has 3 rings (SSSR count). The van der Waals surface area contributed by atoms with Crippen molar-refractivity contribution in [2.75, 3.05) is 6.54 Å². The number of nitrogens with two attached hydrogens (primary N) is 1. The Morgan fingerprint density at radius 3 is 2.59 bits per heavy atom. The standard InChI is InChI=1S/C21H20ClFN2OS/c1-14(16-4-2-5-17(22)12-16)24-13-20(26)25-21(19-6-3-11-27-19)15-7-9-18(23)10-8-15/h2-12,14,21,24H,13H2,1H3,(H,25,26)/p+1/t14-,21+/m1/s1. The van der Waals surface area contributed by atoms with Gasteiger partial charge in [0.1, 0.15) is 11.9 Å². The zero-order valence-corrected chi connectivity index (χ0v) is 16.4. The van der Waals surface area contributed by atoms with Gasteiger partial charge >= 0.3 is 0 Å². The highest BCUT2D eigenvalue weighted by atomic mass is 35.5. The van der Waals surface area contributed by atoms with Crippen molar-refractivity contribution in [3.05, 3.63) is 92.9 Å². The summed E-state index contributed by atoms with van der Waals surface area (Å²) < 4.78 is 13.3. The maximum absolute atomic E-state index is 13.3. The Bertz CT molecular complexity index is 883. The van der Waals surface area contributed by atoms with E-state index < -0.39 is 0 Å². The number of benzene rings is 2. The molecule has 1 amide bonds. The average Bonchev–Trinajstić information content (AvgIpc) is 3.19. The van der Waals surface area contributed by atoms with E-state index in [1.165, 1.54) is 12.1 Å². The second kappa shape index (κ2) is 9.13. The number of hydrogen-bond donors (Lipinski definition) is 2. The average molecular weight is 404 g/mol. The molecule has 3 nitrogen and oxygen atoms in total. The van der Waals surface area contributed by atoms with Crippen LogP contribution in [-0.4, -0.2) is 12.5 Å². The van der Waals surface area contributed by atoms with Crippen LogP contribution in [0.4, 0.5) is 4.39 Å². The van der Waals surface area contributed by atoms with Crippen molar-refractivity contribution >= 4 is 28.8 Å². The fourth-order valence-electron chi connectivity index (χ4n) is 2.86. The molecule has 140 valence electrons. The number of carbonyl (C=O) groups excluding carboxylic acids is 1. The first-order chi connectivity index (χ1) is 13.0. The fraction of sp³-hybridized carbons (Fsp3) is 0.190. The summed E-state index contributed by atoms with van der Waals surface area (Å²) in [6.07, 6.45) is 0. The van der Waals surface area contributed by atoms with Crippen LogP contribution < -0.4 is 10.6 Å². The van der Waals surface area contributed by atoms with E-state index in [0.29, 0.717) is 5.02 Å². The number of amides is 1. The summed E-state index contributed by atoms with van der Waals surface area (Å²) in [6.45, 7) is 2.33. The topological polar surface area (TPSA) is 45.7 Å². The molecule has 0 saturated carbocycles. The second-order valence-electron chi connectivity index (χ2n) is 6.35. The Kier molecular flexibility index (Phi) is 6.61. The Morgan fingerprint density at radius 1 is 1.15 bits per heavy atom. The third kappa shape index (κ3) is 5.39. The van der Waals surface area contributed by atoms with Gasteiger partial charge in [-0.2, -0.15) is 0 Å². The normalized spacial score (nSPS) is 13.1. The van der Waals surface area contributed by atoms with E-state index in [0.717, 1.165) is 16.0 Å². The molecule has 2 aromatic carbocycles. The molecular weight excluding hydrogens is 383 g/mol. The van der Waals surface area contributed by atoms with Crippen molar-refractivity contribution in [3.63, 3.8) is 0 Å². The summed E-state index contributed by atoms with van der Waals surface area (Å²) in [5.41, 5.74) is 1.93. The summed E-state index contributed by atoms with van der Waals surface area (Å²) in [7, 11) is 0. The van der Waals surface area contributed by atoms with Gasteiger partial charge in [-0.1, -0.05) is 41.9 Å². The van der Waals surface area contributed by atoms with Crippen LogP contribution in [0.25, 0.3) is 0 Å². The third-order valence-electron chi connectivity index (χ3n) is 4.37. The van der Waals surface area contributed by atoms with Crippen LogP contribution in [0, 0.1) is 5.82 Å². The summed E-state index contributed by atoms with van der Waals surface area (Å²) in [5, 5.41) is 7.68. The van der Waals surface area contributed by atoms with Crippen molar-refractivity contribution in [1.29, 1.82) is 0 Å². The first kappa shape index (κ1) is 19.5. The van der Waals surface area contributed by atoms with Gasteiger partial charge in [-0.25, -0.2) is 4.39 Å². The Morgan fingerprint density at radius 2 is 1.93 bits per heavy atom. The van der Waals surface area contributed by atoms with Crippen molar-refractivity contribution in [1.82, 2.24) is 5.32 Å². The van der Waals surface area contributed by atoms with E-state index >= 15 is 0 Å². The maximum Gasteiger partial charge on any atom is 0.275 e. The third-order valence-corrected chi connectivity index (χ3v) is 5.54. The van der Waals surface area contributed by atoms with E-state index in [2.05, 4.69) is 5.32 Å². The number of rotatable bonds is 7. The predicted molar refractivity (Wildman–Crippen MR) is 107 cm³/mol. The minimum absolute atomic E-state index is 0.0772. The van der Waals surface area contributed by atoms with Crippen LogP contribution in [0.5, 0.6) is 0 Å². The van der Waals surface area contributed by atoms with Gasteiger partial charge in [-0.3, -0.25) is 4.79 Å². The molecular formula is C21H21ClFN2OS+. The SMILES string of the molecule is C[C@@H]([NH2+]CC(=O)N[C@@H](c1ccc(F)cc1)c1cccs1)c1cccc(Cl)c1. The minimum Gasteiger partial charge on any atom is -0.339 e. The van der Waals surface area contributed by atoms with Gasteiger partial charge in [0, 0.05) is 15.5 Å². The first-order valence-electron chi connectivity index (χ1n) is 8.70. The van der Waals surface area contributed by atoms with Crippen molar-refractivity contribution in [2.24, 2.45) is 0 Å². The van der Waals surface area contributed by atoms with Crippen LogP contribution in [0.1, 0.15) is 35.0 Å². The molecule has 0 bridgehead atoms. The molecule has 27 heavy (non-hydrogen) atoms. The molecule has 0 spiro atoms. The quantitative estimate of drug-likeness (QED) is 0.613. The number of quaternary nitrogens is 1. The number of nitrogens with one attached hydrogen (secondary N) is 1. The smallest absolute Gasteiger partial charge is 0.275 e. The molecule has 1 aromatic heterocycles. The van der Waals surface area contributed by atoms with Crippen LogP contribution in [0.2, 0.25) is 5.02 Å². The number of carbonyl (C=O) groups is 1. The number of halogens is 2. The summed E-state index contributed by atoms with van der Waals surface area (Å²) in [6, 6.07) is 17.6. The zero-order valence-electron chi connectivity index (χ0n) is 14.9. The Labute approximate surface area is 167 Å². The van der Waals surface area contributed by atoms with E-state index in [4.69, 9.17) is 11.6 Å². The van der Waals surface area contributed by atoms with Gasteiger partial charge in [0.25, 0.3) is 5.91 Å². The van der Waals surface area contributed by atoms with E-state index in [1.807, 2.05) is 54.0 Å². The summed E-state index contributed by atoms with van der Waals surface area (Å²) >= 11 is 7.60. The highest BCUT2D eigenvalue weighted by molar-refractivity contribution is 7.10. The number of hydrogen-bond acceptors (Lipinski definition) is 2. The lowest BCUT2D eigenvalue weighted by Gasteiger charge is -2.18. The van der Waals surface area contributed by atoms with Crippen LogP contribution in [0.15, 0.2) is 66.0 Å². The highest BCUT2D eigenvalue weighted by Gasteiger charge is 2.20.